The minimum atomic E-state index is -4.81. The van der Waals surface area contributed by atoms with Crippen LogP contribution in [0.15, 0.2) is 48.8 Å². The first kappa shape index (κ1) is 18.2. The number of nitrogens with zero attached hydrogens (tertiary/aromatic N) is 2. The summed E-state index contributed by atoms with van der Waals surface area (Å²) in [5.74, 6) is -1.67. The minimum Gasteiger partial charge on any atom is -0.347 e. The third-order valence-electron chi connectivity index (χ3n) is 4.72. The van der Waals surface area contributed by atoms with Gasteiger partial charge in [-0.05, 0) is 36.5 Å². The van der Waals surface area contributed by atoms with Crippen molar-refractivity contribution in [3.63, 3.8) is 0 Å². The molecule has 0 unspecified atom stereocenters. The SMILES string of the molecule is O=C(Cn1cccc1)c1ccc(C2CCN(C(=O)C(F)(F)F)CC2)cc1. The van der Waals surface area contributed by atoms with Gasteiger partial charge in [0.2, 0.25) is 0 Å². The maximum absolute atomic E-state index is 12.5. The zero-order chi connectivity index (χ0) is 18.7. The Balaban J connectivity index is 1.58. The summed E-state index contributed by atoms with van der Waals surface area (Å²) < 4.78 is 39.2. The summed E-state index contributed by atoms with van der Waals surface area (Å²) in [6, 6.07) is 10.9. The van der Waals surface area contributed by atoms with Gasteiger partial charge in [-0.3, -0.25) is 9.59 Å². The number of benzene rings is 1. The van der Waals surface area contributed by atoms with Crippen LogP contribution in [0, 0.1) is 0 Å². The number of rotatable bonds is 4. The fourth-order valence-electron chi connectivity index (χ4n) is 3.27. The molecule has 3 rings (SSSR count). The Bertz CT molecular complexity index is 759. The minimum absolute atomic E-state index is 0.00153. The molecule has 0 spiro atoms. The largest absolute Gasteiger partial charge is 0.471 e. The molecule has 1 saturated heterocycles. The quantitative estimate of drug-likeness (QED) is 0.778. The van der Waals surface area contributed by atoms with Crippen molar-refractivity contribution in [2.24, 2.45) is 0 Å². The maximum Gasteiger partial charge on any atom is 0.471 e. The van der Waals surface area contributed by atoms with Crippen LogP contribution in [0.4, 0.5) is 13.2 Å². The van der Waals surface area contributed by atoms with E-state index in [1.54, 1.807) is 16.7 Å². The molecule has 0 N–H and O–H groups in total. The van der Waals surface area contributed by atoms with Crippen LogP contribution in [-0.2, 0) is 11.3 Å². The lowest BCUT2D eigenvalue weighted by Crippen LogP contribution is -2.45. The number of ketones is 1. The smallest absolute Gasteiger partial charge is 0.347 e. The Morgan fingerprint density at radius 3 is 2.12 bits per heavy atom. The van der Waals surface area contributed by atoms with E-state index >= 15 is 0 Å². The van der Waals surface area contributed by atoms with Crippen molar-refractivity contribution in [2.75, 3.05) is 13.1 Å². The number of likely N-dealkylation sites (tertiary alicyclic amines) is 1. The Morgan fingerprint density at radius 1 is 1.00 bits per heavy atom. The van der Waals surface area contributed by atoms with Crippen molar-refractivity contribution in [3.8, 4) is 0 Å². The van der Waals surface area contributed by atoms with Gasteiger partial charge in [0.25, 0.3) is 0 Å². The lowest BCUT2D eigenvalue weighted by Gasteiger charge is -2.32. The van der Waals surface area contributed by atoms with E-state index in [0.29, 0.717) is 18.4 Å². The summed E-state index contributed by atoms with van der Waals surface area (Å²) in [5, 5.41) is 0. The van der Waals surface area contributed by atoms with E-state index in [1.165, 1.54) is 0 Å². The van der Waals surface area contributed by atoms with Gasteiger partial charge >= 0.3 is 12.1 Å². The molecule has 1 amide bonds. The van der Waals surface area contributed by atoms with Crippen LogP contribution < -0.4 is 0 Å². The van der Waals surface area contributed by atoms with Crippen LogP contribution in [0.2, 0.25) is 0 Å². The Hall–Kier alpha value is -2.57. The number of halogens is 3. The molecular weight excluding hydrogens is 345 g/mol. The molecule has 26 heavy (non-hydrogen) atoms. The maximum atomic E-state index is 12.5. The third kappa shape index (κ3) is 4.15. The van der Waals surface area contributed by atoms with Gasteiger partial charge in [-0.1, -0.05) is 24.3 Å². The molecule has 1 fully saturated rings. The molecule has 1 aliphatic rings. The molecule has 138 valence electrons. The molecular formula is C19H19F3N2O2. The van der Waals surface area contributed by atoms with E-state index < -0.39 is 12.1 Å². The summed E-state index contributed by atoms with van der Waals surface area (Å²) in [7, 11) is 0. The molecule has 0 aliphatic carbocycles. The van der Waals surface area contributed by atoms with Crippen molar-refractivity contribution in [1.29, 1.82) is 0 Å². The normalized spacial score (nSPS) is 15.9. The average molecular weight is 364 g/mol. The highest BCUT2D eigenvalue weighted by Gasteiger charge is 2.43. The summed E-state index contributed by atoms with van der Waals surface area (Å²) in [5.41, 5.74) is 1.59. The topological polar surface area (TPSA) is 42.3 Å². The standard InChI is InChI=1S/C19H19F3N2O2/c20-19(21,22)18(26)24-11-7-15(8-12-24)14-3-5-16(6-4-14)17(25)13-23-9-1-2-10-23/h1-6,9-10,15H,7-8,11-13H2. The van der Waals surface area contributed by atoms with Crippen LogP contribution in [0.25, 0.3) is 0 Å². The summed E-state index contributed by atoms with van der Waals surface area (Å²) in [6.45, 7) is 0.457. The van der Waals surface area contributed by atoms with Gasteiger partial charge in [-0.2, -0.15) is 13.2 Å². The predicted octanol–water partition coefficient (Wildman–Crippen LogP) is 3.64. The second-order valence-electron chi connectivity index (χ2n) is 6.46. The summed E-state index contributed by atoms with van der Waals surface area (Å²) in [6.07, 6.45) is -0.198. The number of hydrogen-bond donors (Lipinski definition) is 0. The first-order valence-corrected chi connectivity index (χ1v) is 8.44. The van der Waals surface area contributed by atoms with Gasteiger partial charge in [0, 0.05) is 31.0 Å². The monoisotopic (exact) mass is 364 g/mol. The van der Waals surface area contributed by atoms with Gasteiger partial charge < -0.3 is 9.47 Å². The molecule has 2 heterocycles. The highest BCUT2D eigenvalue weighted by atomic mass is 19.4. The van der Waals surface area contributed by atoms with Gasteiger partial charge in [0.15, 0.2) is 5.78 Å². The van der Waals surface area contributed by atoms with Gasteiger partial charge in [-0.25, -0.2) is 0 Å². The summed E-state index contributed by atoms with van der Waals surface area (Å²) in [4.78, 5) is 24.4. The van der Waals surface area contributed by atoms with E-state index in [-0.39, 0.29) is 31.3 Å². The fraction of sp³-hybridized carbons (Fsp3) is 0.368. The number of Topliss-reactive ketones (excluding diaryl/α,β-unsaturated/α-hetero) is 1. The van der Waals surface area contributed by atoms with E-state index in [9.17, 15) is 22.8 Å². The van der Waals surface area contributed by atoms with Crippen molar-refractivity contribution in [3.05, 3.63) is 59.9 Å². The van der Waals surface area contributed by atoms with Gasteiger partial charge in [0.05, 0.1) is 6.54 Å². The number of carbonyl (C=O) groups excluding carboxylic acids is 2. The first-order chi connectivity index (χ1) is 12.3. The number of hydrogen-bond acceptors (Lipinski definition) is 2. The molecule has 0 radical (unpaired) electrons. The van der Waals surface area contributed by atoms with Crippen LogP contribution in [-0.4, -0.2) is 40.4 Å². The Labute approximate surface area is 149 Å². The molecule has 1 aromatic carbocycles. The van der Waals surface area contributed by atoms with Gasteiger partial charge in [0.1, 0.15) is 0 Å². The van der Waals surface area contributed by atoms with Crippen molar-refractivity contribution in [2.45, 2.75) is 31.5 Å². The zero-order valence-electron chi connectivity index (χ0n) is 14.1. The van der Waals surface area contributed by atoms with E-state index in [0.717, 1.165) is 10.5 Å². The molecule has 7 heteroatoms. The lowest BCUT2D eigenvalue weighted by atomic mass is 9.88. The molecule has 0 saturated carbocycles. The molecule has 0 bridgehead atoms. The Morgan fingerprint density at radius 2 is 1.58 bits per heavy atom. The average Bonchev–Trinajstić information content (AvgIpc) is 3.13. The zero-order valence-corrected chi connectivity index (χ0v) is 14.1. The molecule has 4 nitrogen and oxygen atoms in total. The number of alkyl halides is 3. The number of carbonyl (C=O) groups is 2. The molecule has 0 atom stereocenters. The van der Waals surface area contributed by atoms with Crippen LogP contribution in [0.3, 0.4) is 0 Å². The highest BCUT2D eigenvalue weighted by Crippen LogP contribution is 2.30. The number of aromatic nitrogens is 1. The van der Waals surface area contributed by atoms with Crippen molar-refractivity contribution < 1.29 is 22.8 Å². The van der Waals surface area contributed by atoms with Crippen LogP contribution in [0.1, 0.15) is 34.7 Å². The van der Waals surface area contributed by atoms with E-state index in [4.69, 9.17) is 0 Å². The summed E-state index contributed by atoms with van der Waals surface area (Å²) >= 11 is 0. The van der Waals surface area contributed by atoms with E-state index in [1.807, 2.05) is 36.7 Å². The predicted molar refractivity (Wildman–Crippen MR) is 89.8 cm³/mol. The fourth-order valence-corrected chi connectivity index (χ4v) is 3.27. The van der Waals surface area contributed by atoms with E-state index in [2.05, 4.69) is 0 Å². The van der Waals surface area contributed by atoms with Gasteiger partial charge in [-0.15, -0.1) is 0 Å². The lowest BCUT2D eigenvalue weighted by molar-refractivity contribution is -0.186. The molecule has 1 aromatic heterocycles. The van der Waals surface area contributed by atoms with Crippen molar-refractivity contribution in [1.82, 2.24) is 9.47 Å². The number of piperidine rings is 1. The third-order valence-corrected chi connectivity index (χ3v) is 4.72. The number of amides is 1. The molecule has 2 aromatic rings. The Kier molecular flexibility index (Phi) is 5.15. The molecule has 1 aliphatic heterocycles. The highest BCUT2D eigenvalue weighted by molar-refractivity contribution is 5.95. The second kappa shape index (κ2) is 7.35. The second-order valence-corrected chi connectivity index (χ2v) is 6.46. The van der Waals surface area contributed by atoms with Crippen molar-refractivity contribution >= 4 is 11.7 Å². The van der Waals surface area contributed by atoms with Crippen LogP contribution >= 0.6 is 0 Å². The first-order valence-electron chi connectivity index (χ1n) is 8.44. The van der Waals surface area contributed by atoms with Crippen LogP contribution in [0.5, 0.6) is 0 Å².